The summed E-state index contributed by atoms with van der Waals surface area (Å²) in [7, 11) is 0. The molecule has 0 aliphatic heterocycles. The lowest BCUT2D eigenvalue weighted by molar-refractivity contribution is 0.104. The normalized spacial score (nSPS) is 13.6. The first-order valence-electron chi connectivity index (χ1n) is 5.95. The van der Waals surface area contributed by atoms with Gasteiger partial charge in [0.2, 0.25) is 0 Å². The third-order valence-electron chi connectivity index (χ3n) is 2.45. The maximum Gasteiger partial charge on any atom is 0.139 e. The zero-order chi connectivity index (χ0) is 14.3. The van der Waals surface area contributed by atoms with E-state index in [2.05, 4.69) is 11.2 Å². The summed E-state index contributed by atoms with van der Waals surface area (Å²) in [4.78, 5) is 0. The second-order valence-corrected chi connectivity index (χ2v) is 5.10. The van der Waals surface area contributed by atoms with Crippen molar-refractivity contribution in [3.05, 3.63) is 28.2 Å². The van der Waals surface area contributed by atoms with E-state index in [1.54, 1.807) is 18.2 Å². The summed E-state index contributed by atoms with van der Waals surface area (Å²) in [6.07, 6.45) is 5.17. The first-order valence-corrected chi connectivity index (χ1v) is 6.71. The molecule has 0 fully saturated rings. The van der Waals surface area contributed by atoms with Gasteiger partial charge >= 0.3 is 0 Å². The van der Waals surface area contributed by atoms with E-state index in [0.717, 1.165) is 0 Å². The quantitative estimate of drug-likeness (QED) is 0.761. The molecule has 0 spiro atoms. The minimum atomic E-state index is -0.643. The van der Waals surface area contributed by atoms with Crippen LogP contribution in [0.15, 0.2) is 18.2 Å². The van der Waals surface area contributed by atoms with E-state index in [0.29, 0.717) is 28.8 Å². The molecule has 0 saturated carbocycles. The maximum atomic E-state index is 9.77. The molecule has 1 aromatic carbocycles. The summed E-state index contributed by atoms with van der Waals surface area (Å²) < 4.78 is 5.42. The van der Waals surface area contributed by atoms with E-state index >= 15 is 0 Å². The Morgan fingerprint density at radius 3 is 2.89 bits per heavy atom. The largest absolute Gasteiger partial charge is 0.489 e. The maximum absolute atomic E-state index is 9.77. The molecular weight excluding hydrogens is 285 g/mol. The highest BCUT2D eigenvalue weighted by Crippen LogP contribution is 2.27. The van der Waals surface area contributed by atoms with Gasteiger partial charge in [-0.15, -0.1) is 12.3 Å². The number of aliphatic hydroxyl groups excluding tert-OH is 1. The first-order chi connectivity index (χ1) is 9.02. The Hall–Kier alpha value is -0.920. The Morgan fingerprint density at radius 2 is 2.21 bits per heavy atom. The molecule has 0 aliphatic carbocycles. The molecule has 0 aromatic heterocycles. The monoisotopic (exact) mass is 301 g/mol. The van der Waals surface area contributed by atoms with Crippen LogP contribution in [0.1, 0.15) is 13.3 Å². The molecular formula is C14H17Cl2NO2. The van der Waals surface area contributed by atoms with Crippen molar-refractivity contribution < 1.29 is 9.84 Å². The highest BCUT2D eigenvalue weighted by Gasteiger charge is 2.09. The van der Waals surface area contributed by atoms with E-state index < -0.39 is 6.10 Å². The third-order valence-corrected chi connectivity index (χ3v) is 3.00. The van der Waals surface area contributed by atoms with Gasteiger partial charge in [0.05, 0.1) is 5.02 Å². The van der Waals surface area contributed by atoms with Gasteiger partial charge in [0.1, 0.15) is 18.5 Å². The molecule has 5 heteroatoms. The molecule has 104 valence electrons. The van der Waals surface area contributed by atoms with Crippen LogP contribution in [0, 0.1) is 12.3 Å². The predicted octanol–water partition coefficient (Wildman–Crippen LogP) is 2.73. The van der Waals surface area contributed by atoms with Gasteiger partial charge < -0.3 is 15.2 Å². The van der Waals surface area contributed by atoms with Gasteiger partial charge in [-0.1, -0.05) is 23.2 Å². The van der Waals surface area contributed by atoms with Crippen molar-refractivity contribution in [3.63, 3.8) is 0 Å². The molecule has 0 bridgehead atoms. The molecule has 0 heterocycles. The smallest absolute Gasteiger partial charge is 0.139 e. The van der Waals surface area contributed by atoms with Gasteiger partial charge in [-0.25, -0.2) is 0 Å². The Balaban J connectivity index is 2.36. The van der Waals surface area contributed by atoms with Crippen molar-refractivity contribution in [2.24, 2.45) is 0 Å². The lowest BCUT2D eigenvalue weighted by atomic mass is 10.2. The number of rotatable bonds is 7. The van der Waals surface area contributed by atoms with Crippen LogP contribution in [-0.4, -0.2) is 30.4 Å². The number of terminal acetylenes is 1. The predicted molar refractivity (Wildman–Crippen MR) is 78.9 cm³/mol. The van der Waals surface area contributed by atoms with E-state index in [9.17, 15) is 5.11 Å². The standard InChI is InChI=1S/C14H17Cl2NO2/c1-3-4-10(2)17-8-12(18)9-19-14-7-11(15)5-6-13(14)16/h1,5-7,10,12,17-18H,4,8-9H2,2H3. The summed E-state index contributed by atoms with van der Waals surface area (Å²) in [6.45, 7) is 2.50. The fourth-order valence-corrected chi connectivity index (χ4v) is 1.75. The summed E-state index contributed by atoms with van der Waals surface area (Å²) in [6, 6.07) is 5.11. The van der Waals surface area contributed by atoms with Gasteiger partial charge in [0, 0.05) is 30.1 Å². The summed E-state index contributed by atoms with van der Waals surface area (Å²) >= 11 is 11.8. The van der Waals surface area contributed by atoms with Crippen LogP contribution in [-0.2, 0) is 0 Å². The van der Waals surface area contributed by atoms with E-state index in [1.807, 2.05) is 6.92 Å². The number of ether oxygens (including phenoxy) is 1. The fraction of sp³-hybridized carbons (Fsp3) is 0.429. The van der Waals surface area contributed by atoms with Crippen molar-refractivity contribution in [3.8, 4) is 18.1 Å². The van der Waals surface area contributed by atoms with E-state index in [1.165, 1.54) is 0 Å². The Kier molecular flexibility index (Phi) is 7.04. The Labute approximate surface area is 123 Å². The number of hydrogen-bond acceptors (Lipinski definition) is 3. The highest BCUT2D eigenvalue weighted by molar-refractivity contribution is 6.34. The van der Waals surface area contributed by atoms with Crippen LogP contribution >= 0.6 is 23.2 Å². The zero-order valence-electron chi connectivity index (χ0n) is 10.7. The lowest BCUT2D eigenvalue weighted by Crippen LogP contribution is -2.36. The SMILES string of the molecule is C#CCC(C)NCC(O)COc1cc(Cl)ccc1Cl. The molecule has 2 N–H and O–H groups in total. The topological polar surface area (TPSA) is 41.5 Å². The summed E-state index contributed by atoms with van der Waals surface area (Å²) in [5, 5.41) is 13.9. The average Bonchev–Trinajstić information content (AvgIpc) is 2.38. The number of aliphatic hydroxyl groups is 1. The summed E-state index contributed by atoms with van der Waals surface area (Å²) in [5.74, 6) is 3.02. The van der Waals surface area contributed by atoms with Crippen LogP contribution in [0.4, 0.5) is 0 Å². The molecule has 2 atom stereocenters. The van der Waals surface area contributed by atoms with Gasteiger partial charge in [-0.05, 0) is 19.1 Å². The van der Waals surface area contributed by atoms with Crippen molar-refractivity contribution >= 4 is 23.2 Å². The first kappa shape index (κ1) is 16.1. The van der Waals surface area contributed by atoms with Gasteiger partial charge in [-0.2, -0.15) is 0 Å². The second-order valence-electron chi connectivity index (χ2n) is 4.26. The number of hydrogen-bond donors (Lipinski definition) is 2. The van der Waals surface area contributed by atoms with Crippen molar-refractivity contribution in [1.82, 2.24) is 5.32 Å². The van der Waals surface area contributed by atoms with Crippen molar-refractivity contribution in [2.75, 3.05) is 13.2 Å². The Bertz CT molecular complexity index is 446. The molecule has 1 rings (SSSR count). The van der Waals surface area contributed by atoms with E-state index in [4.69, 9.17) is 34.4 Å². The molecule has 2 unspecified atom stereocenters. The number of halogens is 2. The molecule has 0 aliphatic rings. The van der Waals surface area contributed by atoms with Crippen molar-refractivity contribution in [1.29, 1.82) is 0 Å². The van der Waals surface area contributed by atoms with Crippen LogP contribution in [0.5, 0.6) is 5.75 Å². The number of nitrogens with one attached hydrogen (secondary N) is 1. The summed E-state index contributed by atoms with van der Waals surface area (Å²) in [5.41, 5.74) is 0. The fourth-order valence-electron chi connectivity index (χ4n) is 1.42. The lowest BCUT2D eigenvalue weighted by Gasteiger charge is -2.16. The van der Waals surface area contributed by atoms with Gasteiger partial charge in [-0.3, -0.25) is 0 Å². The van der Waals surface area contributed by atoms with Gasteiger partial charge in [0.15, 0.2) is 0 Å². The minimum Gasteiger partial charge on any atom is -0.489 e. The van der Waals surface area contributed by atoms with Crippen LogP contribution in [0.3, 0.4) is 0 Å². The Morgan fingerprint density at radius 1 is 1.47 bits per heavy atom. The molecule has 0 amide bonds. The second kappa shape index (κ2) is 8.29. The molecule has 3 nitrogen and oxygen atoms in total. The molecule has 0 radical (unpaired) electrons. The zero-order valence-corrected chi connectivity index (χ0v) is 12.2. The van der Waals surface area contributed by atoms with Crippen LogP contribution < -0.4 is 10.1 Å². The number of benzene rings is 1. The third kappa shape index (κ3) is 6.17. The van der Waals surface area contributed by atoms with Crippen molar-refractivity contribution in [2.45, 2.75) is 25.5 Å². The van der Waals surface area contributed by atoms with Gasteiger partial charge in [0.25, 0.3) is 0 Å². The average molecular weight is 302 g/mol. The van der Waals surface area contributed by atoms with Crippen LogP contribution in [0.2, 0.25) is 10.0 Å². The van der Waals surface area contributed by atoms with E-state index in [-0.39, 0.29) is 12.6 Å². The van der Waals surface area contributed by atoms with Crippen LogP contribution in [0.25, 0.3) is 0 Å². The minimum absolute atomic E-state index is 0.135. The molecule has 1 aromatic rings. The molecule has 0 saturated heterocycles. The molecule has 19 heavy (non-hydrogen) atoms. The highest BCUT2D eigenvalue weighted by atomic mass is 35.5.